The molecule has 0 aliphatic heterocycles. The molecular formula is C13H25NO2. The molecule has 0 radical (unpaired) electrons. The van der Waals surface area contributed by atoms with Gasteiger partial charge in [-0.2, -0.15) is 0 Å². The van der Waals surface area contributed by atoms with E-state index >= 15 is 0 Å². The maximum Gasteiger partial charge on any atom is 0.251 e. The van der Waals surface area contributed by atoms with E-state index in [4.69, 9.17) is 4.74 Å². The van der Waals surface area contributed by atoms with Crippen molar-refractivity contribution in [2.24, 2.45) is 11.8 Å². The highest BCUT2D eigenvalue weighted by atomic mass is 16.5. The number of ether oxygens (including phenoxy) is 1. The zero-order valence-electron chi connectivity index (χ0n) is 11.2. The van der Waals surface area contributed by atoms with Crippen molar-refractivity contribution in [2.75, 3.05) is 13.7 Å². The van der Waals surface area contributed by atoms with Gasteiger partial charge in [-0.05, 0) is 38.5 Å². The van der Waals surface area contributed by atoms with Crippen LogP contribution in [0.15, 0.2) is 0 Å². The molecule has 94 valence electrons. The van der Waals surface area contributed by atoms with E-state index in [0.29, 0.717) is 24.5 Å². The summed E-state index contributed by atoms with van der Waals surface area (Å²) < 4.78 is 5.55. The smallest absolute Gasteiger partial charge is 0.251 e. The van der Waals surface area contributed by atoms with Crippen molar-refractivity contribution in [3.8, 4) is 0 Å². The predicted octanol–water partition coefficient (Wildman–Crippen LogP) is 2.30. The van der Waals surface area contributed by atoms with Gasteiger partial charge in [0.25, 0.3) is 5.91 Å². The van der Waals surface area contributed by atoms with Crippen molar-refractivity contribution in [1.29, 1.82) is 0 Å². The largest absolute Gasteiger partial charge is 0.368 e. The highest BCUT2D eigenvalue weighted by Gasteiger charge is 2.33. The normalized spacial score (nSPS) is 19.6. The zero-order chi connectivity index (χ0) is 12.3. The molecule has 3 heteroatoms. The predicted molar refractivity (Wildman–Crippen MR) is 65.2 cm³/mol. The lowest BCUT2D eigenvalue weighted by molar-refractivity contribution is -0.144. The quantitative estimate of drug-likeness (QED) is 0.697. The van der Waals surface area contributed by atoms with Gasteiger partial charge in [-0.25, -0.2) is 0 Å². The lowest BCUT2D eigenvalue weighted by atomic mass is 10.2. The van der Waals surface area contributed by atoms with Gasteiger partial charge < -0.3 is 9.64 Å². The van der Waals surface area contributed by atoms with E-state index in [-0.39, 0.29) is 12.0 Å². The Morgan fingerprint density at radius 2 is 1.88 bits per heavy atom. The third kappa shape index (κ3) is 3.78. The lowest BCUT2D eigenvalue weighted by Crippen LogP contribution is -2.42. The molecule has 0 saturated heterocycles. The first-order chi connectivity index (χ1) is 7.43. The summed E-state index contributed by atoms with van der Waals surface area (Å²) in [7, 11) is 1.89. The fourth-order valence-corrected chi connectivity index (χ4v) is 1.79. The summed E-state index contributed by atoms with van der Waals surface area (Å²) in [5, 5.41) is 0. The number of nitrogens with zero attached hydrogens (tertiary/aromatic N) is 1. The fourth-order valence-electron chi connectivity index (χ4n) is 1.79. The third-order valence-corrected chi connectivity index (χ3v) is 3.29. The molecule has 1 rings (SSSR count). The summed E-state index contributed by atoms with van der Waals surface area (Å²) in [4.78, 5) is 13.9. The second-order valence-electron chi connectivity index (χ2n) is 5.40. The molecule has 3 nitrogen and oxygen atoms in total. The first-order valence-corrected chi connectivity index (χ1v) is 6.31. The van der Waals surface area contributed by atoms with Gasteiger partial charge in [0.1, 0.15) is 6.10 Å². The molecule has 1 amide bonds. The molecule has 16 heavy (non-hydrogen) atoms. The van der Waals surface area contributed by atoms with Crippen LogP contribution in [0.3, 0.4) is 0 Å². The summed E-state index contributed by atoms with van der Waals surface area (Å²) in [5.74, 6) is 1.30. The molecule has 0 bridgehead atoms. The Labute approximate surface area is 99.1 Å². The monoisotopic (exact) mass is 227 g/mol. The highest BCUT2D eigenvalue weighted by molar-refractivity contribution is 5.80. The second kappa shape index (κ2) is 5.67. The van der Waals surface area contributed by atoms with Crippen LogP contribution in [0, 0.1) is 11.8 Å². The molecule has 0 heterocycles. The third-order valence-electron chi connectivity index (χ3n) is 3.29. The summed E-state index contributed by atoms with van der Waals surface area (Å²) in [6.45, 7) is 8.81. The number of amides is 1. The van der Waals surface area contributed by atoms with E-state index in [1.165, 1.54) is 12.8 Å². The Morgan fingerprint density at radius 3 is 2.31 bits per heavy atom. The molecule has 0 aromatic carbocycles. The maximum atomic E-state index is 12.0. The lowest BCUT2D eigenvalue weighted by Gasteiger charge is -2.28. The summed E-state index contributed by atoms with van der Waals surface area (Å²) in [5.41, 5.74) is 0. The van der Waals surface area contributed by atoms with Gasteiger partial charge in [-0.1, -0.05) is 13.8 Å². The van der Waals surface area contributed by atoms with E-state index in [2.05, 4.69) is 20.8 Å². The number of hydrogen-bond donors (Lipinski definition) is 0. The van der Waals surface area contributed by atoms with Crippen LogP contribution in [0.1, 0.15) is 40.5 Å². The maximum absolute atomic E-state index is 12.0. The van der Waals surface area contributed by atoms with Crippen molar-refractivity contribution in [3.05, 3.63) is 0 Å². The van der Waals surface area contributed by atoms with Crippen molar-refractivity contribution in [2.45, 2.75) is 52.7 Å². The number of hydrogen-bond acceptors (Lipinski definition) is 2. The van der Waals surface area contributed by atoms with E-state index in [1.807, 2.05) is 18.9 Å². The molecule has 0 spiro atoms. The van der Waals surface area contributed by atoms with Gasteiger partial charge >= 0.3 is 0 Å². The van der Waals surface area contributed by atoms with Crippen LogP contribution in [-0.2, 0) is 9.53 Å². The molecule has 1 fully saturated rings. The van der Waals surface area contributed by atoms with Crippen molar-refractivity contribution >= 4 is 5.91 Å². The average Bonchev–Trinajstić information content (AvgIpc) is 3.06. The van der Waals surface area contributed by atoms with Crippen LogP contribution in [-0.4, -0.2) is 36.6 Å². The van der Waals surface area contributed by atoms with Gasteiger partial charge in [0.2, 0.25) is 0 Å². The van der Waals surface area contributed by atoms with E-state index in [0.717, 1.165) is 0 Å². The van der Waals surface area contributed by atoms with Crippen molar-refractivity contribution in [1.82, 2.24) is 4.90 Å². The molecule has 0 aromatic rings. The molecule has 0 aromatic heterocycles. The van der Waals surface area contributed by atoms with Gasteiger partial charge in [-0.15, -0.1) is 0 Å². The van der Waals surface area contributed by atoms with E-state index in [1.54, 1.807) is 0 Å². The Hall–Kier alpha value is -0.570. The van der Waals surface area contributed by atoms with Crippen molar-refractivity contribution < 1.29 is 9.53 Å². The first-order valence-electron chi connectivity index (χ1n) is 6.31. The molecule has 0 unspecified atom stereocenters. The number of carbonyl (C=O) groups is 1. The van der Waals surface area contributed by atoms with Crippen LogP contribution in [0.2, 0.25) is 0 Å². The van der Waals surface area contributed by atoms with Crippen LogP contribution in [0.25, 0.3) is 0 Å². The molecule has 0 N–H and O–H groups in total. The summed E-state index contributed by atoms with van der Waals surface area (Å²) in [6.07, 6.45) is 2.22. The van der Waals surface area contributed by atoms with Gasteiger partial charge in [0, 0.05) is 19.7 Å². The van der Waals surface area contributed by atoms with Gasteiger partial charge in [0.15, 0.2) is 0 Å². The van der Waals surface area contributed by atoms with Crippen molar-refractivity contribution in [3.63, 3.8) is 0 Å². The summed E-state index contributed by atoms with van der Waals surface area (Å²) in [6, 6.07) is 0.359. The number of likely N-dealkylation sites (N-methyl/N-ethyl adjacent to an activating group) is 1. The van der Waals surface area contributed by atoms with E-state index < -0.39 is 0 Å². The summed E-state index contributed by atoms with van der Waals surface area (Å²) >= 11 is 0. The van der Waals surface area contributed by atoms with Crippen LogP contribution in [0.4, 0.5) is 0 Å². The van der Waals surface area contributed by atoms with Crippen LogP contribution >= 0.6 is 0 Å². The Balaban J connectivity index is 2.36. The SMILES string of the molecule is CC(C)CO[C@H](C)C(=O)N(C)[C@@H](C)C1CC1. The van der Waals surface area contributed by atoms with Gasteiger partial charge in [-0.3, -0.25) is 4.79 Å². The standard InChI is InChI=1S/C13H25NO2/c1-9(2)8-16-11(4)13(15)14(5)10(3)12-6-7-12/h9-12H,6-8H2,1-5H3/t10-,11+/m0/s1. The first kappa shape index (κ1) is 13.5. The molecular weight excluding hydrogens is 202 g/mol. The van der Waals surface area contributed by atoms with E-state index in [9.17, 15) is 4.79 Å². The molecule has 1 saturated carbocycles. The minimum absolute atomic E-state index is 0.111. The minimum atomic E-state index is -0.311. The Bertz CT molecular complexity index is 236. The van der Waals surface area contributed by atoms with Gasteiger partial charge in [0.05, 0.1) is 0 Å². The highest BCUT2D eigenvalue weighted by Crippen LogP contribution is 2.34. The number of carbonyl (C=O) groups excluding carboxylic acids is 1. The van der Waals surface area contributed by atoms with Crippen LogP contribution in [0.5, 0.6) is 0 Å². The fraction of sp³-hybridized carbons (Fsp3) is 0.923. The van der Waals surface area contributed by atoms with Crippen LogP contribution < -0.4 is 0 Å². The Kier molecular flexibility index (Phi) is 4.78. The molecule has 1 aliphatic carbocycles. The molecule has 1 aliphatic rings. The second-order valence-corrected chi connectivity index (χ2v) is 5.40. The zero-order valence-corrected chi connectivity index (χ0v) is 11.2. The minimum Gasteiger partial charge on any atom is -0.368 e. The number of rotatable bonds is 6. The average molecular weight is 227 g/mol. The molecule has 2 atom stereocenters. The topological polar surface area (TPSA) is 29.5 Å². The Morgan fingerprint density at radius 1 is 1.31 bits per heavy atom.